The van der Waals surface area contributed by atoms with Gasteiger partial charge in [-0.3, -0.25) is 4.68 Å². The van der Waals surface area contributed by atoms with Crippen LogP contribution in [0.25, 0.3) is 0 Å². The Balaban J connectivity index is 1.74. The van der Waals surface area contributed by atoms with Crippen LogP contribution < -0.4 is 10.6 Å². The largest absolute Gasteiger partial charge is 0.465 e. The summed E-state index contributed by atoms with van der Waals surface area (Å²) >= 11 is 13.2. The molecule has 0 amide bonds. The molecule has 0 saturated heterocycles. The molecule has 2 heterocycles. The van der Waals surface area contributed by atoms with E-state index in [4.69, 9.17) is 28.6 Å². The number of anilines is 2. The molecule has 0 bridgehead atoms. The van der Waals surface area contributed by atoms with Crippen LogP contribution in [0, 0.1) is 6.92 Å². The Bertz CT molecular complexity index is 1030. The zero-order valence-corrected chi connectivity index (χ0v) is 18.7. The second-order valence-electron chi connectivity index (χ2n) is 6.27. The topological polar surface area (TPSA) is 68.2 Å². The lowest BCUT2D eigenvalue weighted by molar-refractivity contribution is 0.0601. The molecule has 2 aromatic heterocycles. The molecular formula is C20H21ClN4O2S2. The maximum Gasteiger partial charge on any atom is 0.341 e. The van der Waals surface area contributed by atoms with E-state index in [0.29, 0.717) is 33.1 Å². The fourth-order valence-electron chi connectivity index (χ4n) is 2.99. The Morgan fingerprint density at radius 2 is 2.03 bits per heavy atom. The van der Waals surface area contributed by atoms with Crippen LogP contribution in [-0.4, -0.2) is 28.0 Å². The second kappa shape index (κ2) is 9.39. The lowest BCUT2D eigenvalue weighted by Crippen LogP contribution is -2.21. The molecule has 0 radical (unpaired) electrons. The Kier molecular flexibility index (Phi) is 6.89. The van der Waals surface area contributed by atoms with E-state index in [0.717, 1.165) is 22.4 Å². The first-order chi connectivity index (χ1) is 13.9. The van der Waals surface area contributed by atoms with Crippen molar-refractivity contribution in [2.24, 2.45) is 0 Å². The van der Waals surface area contributed by atoms with Gasteiger partial charge in [0.1, 0.15) is 10.0 Å². The lowest BCUT2D eigenvalue weighted by Gasteiger charge is -2.10. The van der Waals surface area contributed by atoms with E-state index in [-0.39, 0.29) is 5.97 Å². The molecule has 0 saturated carbocycles. The fourth-order valence-corrected chi connectivity index (χ4v) is 4.58. The van der Waals surface area contributed by atoms with E-state index in [1.165, 1.54) is 18.4 Å². The highest BCUT2D eigenvalue weighted by Crippen LogP contribution is 2.34. The number of carbonyl (C=O) groups is 1. The molecule has 9 heteroatoms. The summed E-state index contributed by atoms with van der Waals surface area (Å²) in [6.45, 7) is 4.57. The molecule has 3 aromatic rings. The summed E-state index contributed by atoms with van der Waals surface area (Å²) < 4.78 is 6.68. The summed E-state index contributed by atoms with van der Waals surface area (Å²) in [5.41, 5.74) is 2.59. The average molecular weight is 449 g/mol. The van der Waals surface area contributed by atoms with E-state index in [1.54, 1.807) is 10.9 Å². The molecule has 0 fully saturated rings. The Morgan fingerprint density at radius 1 is 1.31 bits per heavy atom. The van der Waals surface area contributed by atoms with Gasteiger partial charge in [-0.25, -0.2) is 4.79 Å². The monoisotopic (exact) mass is 448 g/mol. The van der Waals surface area contributed by atoms with Gasteiger partial charge in [0.2, 0.25) is 0 Å². The van der Waals surface area contributed by atoms with Gasteiger partial charge >= 0.3 is 5.97 Å². The zero-order valence-electron chi connectivity index (χ0n) is 16.3. The van der Waals surface area contributed by atoms with Gasteiger partial charge in [-0.15, -0.1) is 11.3 Å². The molecule has 6 nitrogen and oxygen atoms in total. The van der Waals surface area contributed by atoms with E-state index >= 15 is 0 Å². The normalized spacial score (nSPS) is 10.6. The first-order valence-electron chi connectivity index (χ1n) is 8.98. The van der Waals surface area contributed by atoms with Crippen LogP contribution in [0.1, 0.15) is 33.3 Å². The van der Waals surface area contributed by atoms with Crippen molar-refractivity contribution in [1.29, 1.82) is 0 Å². The van der Waals surface area contributed by atoms with Crippen molar-refractivity contribution in [1.82, 2.24) is 9.78 Å². The molecule has 0 aliphatic rings. The van der Waals surface area contributed by atoms with Gasteiger partial charge in [-0.2, -0.15) is 5.10 Å². The molecule has 0 unspecified atom stereocenters. The molecule has 152 valence electrons. The number of hydrogen-bond donors (Lipinski definition) is 2. The van der Waals surface area contributed by atoms with Crippen molar-refractivity contribution >= 4 is 57.1 Å². The number of aromatic nitrogens is 2. The van der Waals surface area contributed by atoms with Crippen molar-refractivity contribution in [3.05, 3.63) is 63.1 Å². The summed E-state index contributed by atoms with van der Waals surface area (Å²) in [5, 5.41) is 11.9. The van der Waals surface area contributed by atoms with Crippen LogP contribution in [0.15, 0.2) is 36.5 Å². The summed E-state index contributed by atoms with van der Waals surface area (Å²) in [7, 11) is 1.37. The third-order valence-electron chi connectivity index (χ3n) is 4.32. The van der Waals surface area contributed by atoms with Gasteiger partial charge in [0, 0.05) is 11.1 Å². The number of esters is 1. The fraction of sp³-hybridized carbons (Fsp3) is 0.250. The number of nitrogens with zero attached hydrogens (tertiary/aromatic N) is 2. The minimum absolute atomic E-state index is 0.297. The van der Waals surface area contributed by atoms with Crippen LogP contribution >= 0.6 is 35.2 Å². The van der Waals surface area contributed by atoms with Crippen LogP contribution in [0.2, 0.25) is 5.02 Å². The van der Waals surface area contributed by atoms with Gasteiger partial charge in [0.15, 0.2) is 10.9 Å². The van der Waals surface area contributed by atoms with Crippen molar-refractivity contribution in [3.8, 4) is 0 Å². The number of thiocarbonyl (C=S) groups is 1. The van der Waals surface area contributed by atoms with Gasteiger partial charge < -0.3 is 15.4 Å². The number of methoxy groups -OCH3 is 1. The number of nitrogens with one attached hydrogen (secondary N) is 2. The summed E-state index contributed by atoms with van der Waals surface area (Å²) in [5.74, 6) is 0.0605. The predicted octanol–water partition coefficient (Wildman–Crippen LogP) is 5.11. The van der Waals surface area contributed by atoms with Crippen LogP contribution in [0.3, 0.4) is 0 Å². The quantitative estimate of drug-likeness (QED) is 0.403. The maximum atomic E-state index is 12.2. The van der Waals surface area contributed by atoms with Gasteiger partial charge in [0.05, 0.1) is 19.2 Å². The van der Waals surface area contributed by atoms with Crippen molar-refractivity contribution in [2.45, 2.75) is 26.8 Å². The highest BCUT2D eigenvalue weighted by Gasteiger charge is 2.22. The van der Waals surface area contributed by atoms with Crippen LogP contribution in [0.5, 0.6) is 0 Å². The van der Waals surface area contributed by atoms with E-state index < -0.39 is 0 Å². The third-order valence-corrected chi connectivity index (χ3v) is 5.86. The highest BCUT2D eigenvalue weighted by atomic mass is 35.5. The Labute approximate surface area is 183 Å². The summed E-state index contributed by atoms with van der Waals surface area (Å²) in [6, 6.07) is 9.97. The second-order valence-corrected chi connectivity index (χ2v) is 8.31. The van der Waals surface area contributed by atoms with Gasteiger partial charge in [-0.05, 0) is 36.7 Å². The minimum Gasteiger partial charge on any atom is -0.465 e. The zero-order chi connectivity index (χ0) is 21.0. The van der Waals surface area contributed by atoms with Gasteiger partial charge in [0.25, 0.3) is 0 Å². The van der Waals surface area contributed by atoms with Crippen molar-refractivity contribution < 1.29 is 9.53 Å². The third kappa shape index (κ3) is 4.95. The van der Waals surface area contributed by atoms with Crippen LogP contribution in [0.4, 0.5) is 10.8 Å². The lowest BCUT2D eigenvalue weighted by atomic mass is 10.1. The maximum absolute atomic E-state index is 12.2. The predicted molar refractivity (Wildman–Crippen MR) is 122 cm³/mol. The molecular weight excluding hydrogens is 428 g/mol. The summed E-state index contributed by atoms with van der Waals surface area (Å²) in [6.07, 6.45) is 2.47. The molecule has 0 aliphatic carbocycles. The number of benzene rings is 1. The van der Waals surface area contributed by atoms with Crippen LogP contribution in [-0.2, 0) is 17.7 Å². The number of thiophene rings is 1. The molecule has 1 aromatic carbocycles. The SMILES string of the molecule is CCc1c(C)sc(NC(=S)Nc2nn(Cc3ccccc3)cc2Cl)c1C(=O)OC. The van der Waals surface area contributed by atoms with E-state index in [2.05, 4.69) is 15.7 Å². The summed E-state index contributed by atoms with van der Waals surface area (Å²) in [4.78, 5) is 13.3. The number of rotatable bonds is 6. The molecule has 29 heavy (non-hydrogen) atoms. The number of ether oxygens (including phenoxy) is 1. The highest BCUT2D eigenvalue weighted by molar-refractivity contribution is 7.80. The van der Waals surface area contributed by atoms with E-state index in [1.807, 2.05) is 44.2 Å². The standard InChI is InChI=1S/C20H21ClN4O2S2/c1-4-14-12(2)29-18(16(14)19(26)27-3)23-20(28)22-17-15(21)11-25(24-17)10-13-8-6-5-7-9-13/h5-9,11H,4,10H2,1-3H3,(H2,22,23,24,28). The molecule has 3 rings (SSSR count). The number of aryl methyl sites for hydroxylation is 1. The minimum atomic E-state index is -0.387. The van der Waals surface area contributed by atoms with E-state index in [9.17, 15) is 4.79 Å². The molecule has 0 aliphatic heterocycles. The van der Waals surface area contributed by atoms with Gasteiger partial charge in [-0.1, -0.05) is 48.9 Å². The smallest absolute Gasteiger partial charge is 0.341 e. The molecule has 2 N–H and O–H groups in total. The number of halogens is 1. The molecule has 0 atom stereocenters. The first-order valence-corrected chi connectivity index (χ1v) is 10.6. The van der Waals surface area contributed by atoms with Crippen molar-refractivity contribution in [2.75, 3.05) is 17.7 Å². The molecule has 0 spiro atoms. The Morgan fingerprint density at radius 3 is 2.69 bits per heavy atom. The van der Waals surface area contributed by atoms with Crippen molar-refractivity contribution in [3.63, 3.8) is 0 Å². The number of carbonyl (C=O) groups excluding carboxylic acids is 1. The Hall–Kier alpha value is -2.42. The number of hydrogen-bond acceptors (Lipinski definition) is 5. The average Bonchev–Trinajstić information content (AvgIpc) is 3.20. The first kappa shape index (κ1) is 21.3.